The molecule has 1 saturated heterocycles. The zero-order chi connectivity index (χ0) is 13.5. The fourth-order valence-electron chi connectivity index (χ4n) is 2.64. The second-order valence-electron chi connectivity index (χ2n) is 5.91. The van der Waals surface area contributed by atoms with Crippen molar-refractivity contribution in [2.45, 2.75) is 65.6 Å². The zero-order valence-corrected chi connectivity index (χ0v) is 12.9. The van der Waals surface area contributed by atoms with Crippen LogP contribution in [0.5, 0.6) is 0 Å². The normalized spacial score (nSPS) is 25.3. The van der Waals surface area contributed by atoms with Crippen LogP contribution in [-0.4, -0.2) is 49.3 Å². The summed E-state index contributed by atoms with van der Waals surface area (Å²) in [4.78, 5) is 2.54. The van der Waals surface area contributed by atoms with E-state index in [2.05, 4.69) is 44.8 Å². The van der Waals surface area contributed by atoms with Gasteiger partial charge in [-0.25, -0.2) is 0 Å². The number of ether oxygens (including phenoxy) is 1. The Hall–Kier alpha value is -0.120. The molecule has 1 heterocycles. The van der Waals surface area contributed by atoms with Gasteiger partial charge >= 0.3 is 0 Å². The molecule has 108 valence electrons. The number of likely N-dealkylation sites (N-methyl/N-ethyl adjacent to an activating group) is 1. The van der Waals surface area contributed by atoms with Crippen molar-refractivity contribution in [2.24, 2.45) is 5.92 Å². The molecule has 3 nitrogen and oxygen atoms in total. The van der Waals surface area contributed by atoms with Crippen LogP contribution in [0.15, 0.2) is 0 Å². The summed E-state index contributed by atoms with van der Waals surface area (Å²) in [6.07, 6.45) is 2.83. The van der Waals surface area contributed by atoms with Gasteiger partial charge in [0.1, 0.15) is 0 Å². The number of rotatable bonds is 7. The molecular weight excluding hydrogens is 224 g/mol. The summed E-state index contributed by atoms with van der Waals surface area (Å²) in [5.74, 6) is 0.770. The molecule has 0 amide bonds. The first-order valence-corrected chi connectivity index (χ1v) is 7.67. The molecule has 0 bridgehead atoms. The van der Waals surface area contributed by atoms with E-state index in [1.807, 2.05) is 0 Å². The lowest BCUT2D eigenvalue weighted by Gasteiger charge is -2.39. The van der Waals surface area contributed by atoms with Gasteiger partial charge in [0.2, 0.25) is 0 Å². The summed E-state index contributed by atoms with van der Waals surface area (Å²) in [7, 11) is 0. The van der Waals surface area contributed by atoms with E-state index < -0.39 is 0 Å². The van der Waals surface area contributed by atoms with E-state index in [9.17, 15) is 0 Å². The van der Waals surface area contributed by atoms with Gasteiger partial charge in [-0.2, -0.15) is 0 Å². The van der Waals surface area contributed by atoms with Crippen LogP contribution >= 0.6 is 0 Å². The maximum Gasteiger partial charge on any atom is 0.0855 e. The summed E-state index contributed by atoms with van der Waals surface area (Å²) >= 11 is 0. The lowest BCUT2D eigenvalue weighted by Crippen LogP contribution is -2.54. The molecule has 1 aliphatic rings. The van der Waals surface area contributed by atoms with Gasteiger partial charge < -0.3 is 10.1 Å². The van der Waals surface area contributed by atoms with Crippen molar-refractivity contribution < 1.29 is 4.74 Å². The number of hydrogen-bond acceptors (Lipinski definition) is 3. The first kappa shape index (κ1) is 15.9. The van der Waals surface area contributed by atoms with Crippen molar-refractivity contribution >= 4 is 0 Å². The molecule has 0 aromatic carbocycles. The van der Waals surface area contributed by atoms with E-state index in [1.54, 1.807) is 0 Å². The van der Waals surface area contributed by atoms with Crippen molar-refractivity contribution in [3.05, 3.63) is 0 Å². The predicted molar refractivity (Wildman–Crippen MR) is 78.0 cm³/mol. The third-order valence-corrected chi connectivity index (χ3v) is 4.12. The molecule has 0 saturated carbocycles. The number of hydrogen-bond donors (Lipinski definition) is 1. The SMILES string of the molecule is CCNC(CC(C)CC)C1CN(C(C)C)CCO1. The number of nitrogens with one attached hydrogen (secondary N) is 1. The quantitative estimate of drug-likeness (QED) is 0.757. The molecule has 18 heavy (non-hydrogen) atoms. The van der Waals surface area contributed by atoms with E-state index >= 15 is 0 Å². The molecule has 0 aliphatic carbocycles. The van der Waals surface area contributed by atoms with Crippen molar-refractivity contribution in [1.82, 2.24) is 10.2 Å². The van der Waals surface area contributed by atoms with Gasteiger partial charge in [0, 0.05) is 25.2 Å². The van der Waals surface area contributed by atoms with Gasteiger partial charge in [-0.1, -0.05) is 27.2 Å². The van der Waals surface area contributed by atoms with E-state index in [-0.39, 0.29) is 0 Å². The van der Waals surface area contributed by atoms with Crippen molar-refractivity contribution in [2.75, 3.05) is 26.2 Å². The van der Waals surface area contributed by atoms with E-state index in [1.165, 1.54) is 12.8 Å². The Balaban J connectivity index is 2.55. The van der Waals surface area contributed by atoms with Crippen LogP contribution in [-0.2, 0) is 4.74 Å². The minimum absolute atomic E-state index is 0.357. The van der Waals surface area contributed by atoms with Crippen LogP contribution in [0.25, 0.3) is 0 Å². The van der Waals surface area contributed by atoms with Crippen LogP contribution in [0.4, 0.5) is 0 Å². The number of nitrogens with zero attached hydrogens (tertiary/aromatic N) is 1. The first-order chi connectivity index (χ1) is 8.58. The minimum atomic E-state index is 0.357. The first-order valence-electron chi connectivity index (χ1n) is 7.67. The molecule has 1 N–H and O–H groups in total. The Bertz CT molecular complexity index is 221. The van der Waals surface area contributed by atoms with Crippen molar-refractivity contribution in [3.8, 4) is 0 Å². The van der Waals surface area contributed by atoms with Gasteiger partial charge in [0.15, 0.2) is 0 Å². The monoisotopic (exact) mass is 256 g/mol. The summed E-state index contributed by atoms with van der Waals surface area (Å²) in [6.45, 7) is 15.4. The maximum absolute atomic E-state index is 6.01. The second kappa shape index (κ2) is 8.13. The molecule has 0 aromatic rings. The van der Waals surface area contributed by atoms with Crippen molar-refractivity contribution in [3.63, 3.8) is 0 Å². The predicted octanol–water partition coefficient (Wildman–Crippen LogP) is 2.51. The smallest absolute Gasteiger partial charge is 0.0855 e. The van der Waals surface area contributed by atoms with E-state index in [4.69, 9.17) is 4.74 Å². The van der Waals surface area contributed by atoms with Crippen molar-refractivity contribution in [1.29, 1.82) is 0 Å². The highest BCUT2D eigenvalue weighted by Crippen LogP contribution is 2.18. The van der Waals surface area contributed by atoms with Crippen LogP contribution in [0.3, 0.4) is 0 Å². The van der Waals surface area contributed by atoms with Gasteiger partial charge in [-0.3, -0.25) is 4.90 Å². The van der Waals surface area contributed by atoms with Gasteiger partial charge in [-0.05, 0) is 32.7 Å². The second-order valence-corrected chi connectivity index (χ2v) is 5.91. The highest BCUT2D eigenvalue weighted by molar-refractivity contribution is 4.85. The molecule has 0 radical (unpaired) electrons. The number of morpholine rings is 1. The lowest BCUT2D eigenvalue weighted by atomic mass is 9.94. The molecule has 3 heteroatoms. The molecular formula is C15H32N2O. The Labute approximate surface area is 113 Å². The molecule has 1 aliphatic heterocycles. The Kier molecular flexibility index (Phi) is 7.20. The summed E-state index contributed by atoms with van der Waals surface area (Å²) < 4.78 is 6.01. The molecule has 1 fully saturated rings. The van der Waals surface area contributed by atoms with Gasteiger partial charge in [-0.15, -0.1) is 0 Å². The fraction of sp³-hybridized carbons (Fsp3) is 1.00. The summed E-state index contributed by atoms with van der Waals surface area (Å²) in [5, 5.41) is 3.63. The topological polar surface area (TPSA) is 24.5 Å². The summed E-state index contributed by atoms with van der Waals surface area (Å²) in [6, 6.07) is 1.13. The third kappa shape index (κ3) is 4.87. The largest absolute Gasteiger partial charge is 0.374 e. The molecule has 3 unspecified atom stereocenters. The average Bonchev–Trinajstić information content (AvgIpc) is 2.38. The fourth-order valence-corrected chi connectivity index (χ4v) is 2.64. The van der Waals surface area contributed by atoms with Crippen LogP contribution < -0.4 is 5.32 Å². The molecule has 1 rings (SSSR count). The third-order valence-electron chi connectivity index (χ3n) is 4.12. The van der Waals surface area contributed by atoms with E-state index in [0.29, 0.717) is 18.2 Å². The maximum atomic E-state index is 6.01. The highest BCUT2D eigenvalue weighted by Gasteiger charge is 2.29. The van der Waals surface area contributed by atoms with Gasteiger partial charge in [0.25, 0.3) is 0 Å². The van der Waals surface area contributed by atoms with E-state index in [0.717, 1.165) is 32.2 Å². The van der Waals surface area contributed by atoms with Crippen LogP contribution in [0.1, 0.15) is 47.5 Å². The highest BCUT2D eigenvalue weighted by atomic mass is 16.5. The average molecular weight is 256 g/mol. The van der Waals surface area contributed by atoms with Crippen LogP contribution in [0.2, 0.25) is 0 Å². The molecule has 0 aromatic heterocycles. The van der Waals surface area contributed by atoms with Gasteiger partial charge in [0.05, 0.1) is 12.7 Å². The zero-order valence-electron chi connectivity index (χ0n) is 12.9. The minimum Gasteiger partial charge on any atom is -0.374 e. The summed E-state index contributed by atoms with van der Waals surface area (Å²) in [5.41, 5.74) is 0. The Morgan fingerprint density at radius 2 is 2.00 bits per heavy atom. The Morgan fingerprint density at radius 1 is 1.28 bits per heavy atom. The van der Waals surface area contributed by atoms with Crippen LogP contribution in [0, 0.1) is 5.92 Å². The Morgan fingerprint density at radius 3 is 2.56 bits per heavy atom. The lowest BCUT2D eigenvalue weighted by molar-refractivity contribution is -0.0582. The molecule has 0 spiro atoms. The molecule has 3 atom stereocenters. The standard InChI is InChI=1S/C15H32N2O/c1-6-13(5)10-14(16-7-2)15-11-17(12(3)4)8-9-18-15/h12-16H,6-11H2,1-5H3.